The van der Waals surface area contributed by atoms with Crippen molar-refractivity contribution in [3.05, 3.63) is 29.5 Å². The summed E-state index contributed by atoms with van der Waals surface area (Å²) < 4.78 is 10.5. The Kier molecular flexibility index (Phi) is 5.60. The fourth-order valence-corrected chi connectivity index (χ4v) is 3.03. The Morgan fingerprint density at radius 2 is 1.92 bits per heavy atom. The van der Waals surface area contributed by atoms with E-state index in [2.05, 4.69) is 30.2 Å². The molecule has 1 aliphatic rings. The molecular formula is C17H24N6O2. The van der Waals surface area contributed by atoms with Gasteiger partial charge in [0.25, 0.3) is 5.88 Å². The van der Waals surface area contributed by atoms with Crippen LogP contribution in [0.25, 0.3) is 0 Å². The van der Waals surface area contributed by atoms with Gasteiger partial charge in [0, 0.05) is 51.1 Å². The van der Waals surface area contributed by atoms with E-state index in [0.717, 1.165) is 55.6 Å². The molecule has 0 atom stereocenters. The number of hydrogen-bond donors (Lipinski definition) is 1. The van der Waals surface area contributed by atoms with Crippen LogP contribution in [0.1, 0.15) is 17.1 Å². The molecule has 1 aliphatic heterocycles. The van der Waals surface area contributed by atoms with Gasteiger partial charge < -0.3 is 19.7 Å². The molecule has 0 bridgehead atoms. The molecule has 0 aromatic carbocycles. The summed E-state index contributed by atoms with van der Waals surface area (Å²) in [6.45, 7) is 4.92. The molecule has 0 spiro atoms. The maximum atomic E-state index is 5.36. The van der Waals surface area contributed by atoms with Gasteiger partial charge >= 0.3 is 0 Å². The third-order valence-electron chi connectivity index (χ3n) is 4.19. The predicted octanol–water partition coefficient (Wildman–Crippen LogP) is 1.25. The van der Waals surface area contributed by atoms with Crippen molar-refractivity contribution in [3.63, 3.8) is 0 Å². The number of fused-ring (bicyclic) bond motifs is 1. The Labute approximate surface area is 147 Å². The lowest BCUT2D eigenvalue weighted by Gasteiger charge is -2.22. The molecule has 0 saturated heterocycles. The maximum Gasteiger partial charge on any atom is 0.257 e. The van der Waals surface area contributed by atoms with E-state index in [-0.39, 0.29) is 0 Å². The molecule has 134 valence electrons. The Hall–Kier alpha value is -2.48. The average Bonchev–Trinajstić information content (AvgIpc) is 2.84. The van der Waals surface area contributed by atoms with Gasteiger partial charge in [0.2, 0.25) is 0 Å². The second-order valence-electron chi connectivity index (χ2n) is 5.84. The van der Waals surface area contributed by atoms with Crippen molar-refractivity contribution in [1.82, 2.24) is 19.9 Å². The number of nitrogens with zero attached hydrogens (tertiary/aromatic N) is 5. The molecule has 1 N–H and O–H groups in total. The third kappa shape index (κ3) is 3.96. The summed E-state index contributed by atoms with van der Waals surface area (Å²) in [5.74, 6) is 3.02. The van der Waals surface area contributed by atoms with Crippen LogP contribution < -0.4 is 15.0 Å². The normalized spacial score (nSPS) is 14.0. The highest BCUT2D eigenvalue weighted by atomic mass is 16.5. The van der Waals surface area contributed by atoms with Crippen LogP contribution in [0.15, 0.2) is 12.4 Å². The van der Waals surface area contributed by atoms with Crippen LogP contribution >= 0.6 is 0 Å². The fraction of sp³-hybridized carbons (Fsp3) is 0.529. The SMILES string of the molecule is COCCNc1nc(C)nc2c1CCN(c1nccnc1OC)CC2. The van der Waals surface area contributed by atoms with Gasteiger partial charge in [-0.15, -0.1) is 0 Å². The highest BCUT2D eigenvalue weighted by molar-refractivity contribution is 5.52. The monoisotopic (exact) mass is 344 g/mol. The highest BCUT2D eigenvalue weighted by Gasteiger charge is 2.22. The maximum absolute atomic E-state index is 5.36. The van der Waals surface area contributed by atoms with E-state index in [9.17, 15) is 0 Å². The lowest BCUT2D eigenvalue weighted by molar-refractivity contribution is 0.210. The second kappa shape index (κ2) is 8.06. The van der Waals surface area contributed by atoms with E-state index in [0.29, 0.717) is 12.5 Å². The summed E-state index contributed by atoms with van der Waals surface area (Å²) in [6, 6.07) is 0. The van der Waals surface area contributed by atoms with Gasteiger partial charge in [-0.25, -0.2) is 19.9 Å². The molecule has 2 aromatic rings. The van der Waals surface area contributed by atoms with E-state index in [1.54, 1.807) is 26.6 Å². The molecule has 8 heteroatoms. The first-order valence-electron chi connectivity index (χ1n) is 8.42. The summed E-state index contributed by atoms with van der Waals surface area (Å²) in [7, 11) is 3.31. The Bertz CT molecular complexity index is 724. The zero-order valence-electron chi connectivity index (χ0n) is 14.9. The highest BCUT2D eigenvalue weighted by Crippen LogP contribution is 2.27. The first-order valence-corrected chi connectivity index (χ1v) is 8.42. The van der Waals surface area contributed by atoms with Gasteiger partial charge in [0.05, 0.1) is 19.4 Å². The molecule has 25 heavy (non-hydrogen) atoms. The smallest absolute Gasteiger partial charge is 0.257 e. The third-order valence-corrected chi connectivity index (χ3v) is 4.19. The molecule has 0 unspecified atom stereocenters. The zero-order valence-corrected chi connectivity index (χ0v) is 14.9. The van der Waals surface area contributed by atoms with Crippen molar-refractivity contribution < 1.29 is 9.47 Å². The Balaban J connectivity index is 1.82. The number of methoxy groups -OCH3 is 2. The molecule has 3 heterocycles. The van der Waals surface area contributed by atoms with E-state index in [4.69, 9.17) is 9.47 Å². The van der Waals surface area contributed by atoms with Crippen molar-refractivity contribution >= 4 is 11.6 Å². The number of nitrogens with one attached hydrogen (secondary N) is 1. The van der Waals surface area contributed by atoms with E-state index >= 15 is 0 Å². The first kappa shape index (κ1) is 17.3. The molecular weight excluding hydrogens is 320 g/mol. The Morgan fingerprint density at radius 3 is 2.72 bits per heavy atom. The minimum atomic E-state index is 0.550. The van der Waals surface area contributed by atoms with E-state index in [1.807, 2.05) is 6.92 Å². The number of hydrogen-bond acceptors (Lipinski definition) is 8. The standard InChI is InChI=1S/C17H24N6O2/c1-12-21-14-5-10-23(16-17(25-3)20-7-6-19-16)9-4-13(14)15(22-12)18-8-11-24-2/h6-7H,4-5,8-11H2,1-3H3,(H,18,21,22). The molecule has 0 fully saturated rings. The number of aromatic nitrogens is 4. The minimum Gasteiger partial charge on any atom is -0.478 e. The first-order chi connectivity index (χ1) is 12.2. The van der Waals surface area contributed by atoms with Crippen molar-refractivity contribution in [2.45, 2.75) is 19.8 Å². The minimum absolute atomic E-state index is 0.550. The summed E-state index contributed by atoms with van der Waals surface area (Å²) in [4.78, 5) is 20.1. The van der Waals surface area contributed by atoms with Gasteiger partial charge in [0.1, 0.15) is 11.6 Å². The molecule has 0 radical (unpaired) electrons. The lowest BCUT2D eigenvalue weighted by Crippen LogP contribution is -2.27. The number of anilines is 2. The van der Waals surface area contributed by atoms with Crippen molar-refractivity contribution in [2.24, 2.45) is 0 Å². The van der Waals surface area contributed by atoms with Crippen LogP contribution in [0.5, 0.6) is 5.88 Å². The van der Waals surface area contributed by atoms with Crippen LogP contribution in [0.3, 0.4) is 0 Å². The summed E-state index contributed by atoms with van der Waals surface area (Å²) >= 11 is 0. The van der Waals surface area contributed by atoms with Gasteiger partial charge in [-0.2, -0.15) is 0 Å². The number of ether oxygens (including phenoxy) is 2. The van der Waals surface area contributed by atoms with E-state index in [1.165, 1.54) is 5.56 Å². The largest absolute Gasteiger partial charge is 0.478 e. The van der Waals surface area contributed by atoms with Gasteiger partial charge in [-0.1, -0.05) is 0 Å². The summed E-state index contributed by atoms with van der Waals surface area (Å²) in [5.41, 5.74) is 2.27. The van der Waals surface area contributed by atoms with Gasteiger partial charge in [-0.3, -0.25) is 0 Å². The van der Waals surface area contributed by atoms with Gasteiger partial charge in [-0.05, 0) is 13.3 Å². The van der Waals surface area contributed by atoms with Crippen molar-refractivity contribution in [1.29, 1.82) is 0 Å². The molecule has 0 aliphatic carbocycles. The average molecular weight is 344 g/mol. The molecule has 0 amide bonds. The van der Waals surface area contributed by atoms with Gasteiger partial charge in [0.15, 0.2) is 5.82 Å². The summed E-state index contributed by atoms with van der Waals surface area (Å²) in [5, 5.41) is 3.37. The molecule has 2 aromatic heterocycles. The molecule has 3 rings (SSSR count). The Morgan fingerprint density at radius 1 is 1.12 bits per heavy atom. The zero-order chi connectivity index (χ0) is 17.6. The fourth-order valence-electron chi connectivity index (χ4n) is 3.03. The second-order valence-corrected chi connectivity index (χ2v) is 5.84. The molecule has 8 nitrogen and oxygen atoms in total. The quantitative estimate of drug-likeness (QED) is 0.784. The van der Waals surface area contributed by atoms with E-state index < -0.39 is 0 Å². The van der Waals surface area contributed by atoms with Crippen molar-refractivity contribution in [3.8, 4) is 5.88 Å². The summed E-state index contributed by atoms with van der Waals surface area (Å²) in [6.07, 6.45) is 5.00. The van der Waals surface area contributed by atoms with Crippen LogP contribution in [0.4, 0.5) is 11.6 Å². The molecule has 0 saturated carbocycles. The predicted molar refractivity (Wildman–Crippen MR) is 95.3 cm³/mol. The number of rotatable bonds is 6. The van der Waals surface area contributed by atoms with Crippen LogP contribution in [-0.2, 0) is 17.6 Å². The van der Waals surface area contributed by atoms with Crippen LogP contribution in [-0.4, -0.2) is 60.4 Å². The number of aryl methyl sites for hydroxylation is 1. The van der Waals surface area contributed by atoms with Crippen molar-refractivity contribution in [2.75, 3.05) is 50.7 Å². The van der Waals surface area contributed by atoms with Crippen LogP contribution in [0, 0.1) is 6.92 Å². The lowest BCUT2D eigenvalue weighted by atomic mass is 10.1. The topological polar surface area (TPSA) is 85.3 Å². The van der Waals surface area contributed by atoms with Crippen LogP contribution in [0.2, 0.25) is 0 Å².